The van der Waals surface area contributed by atoms with Gasteiger partial charge in [0.05, 0.1) is 29.0 Å². The third-order valence-corrected chi connectivity index (χ3v) is 4.71. The van der Waals surface area contributed by atoms with Crippen molar-refractivity contribution < 1.29 is 9.15 Å². The smallest absolute Gasteiger partial charge is 0.135 e. The third-order valence-electron chi connectivity index (χ3n) is 4.06. The fourth-order valence-corrected chi connectivity index (χ4v) is 3.47. The Morgan fingerprint density at radius 3 is 2.50 bits per heavy atom. The molecular weight excluding hydrogens is 294 g/mol. The SMILES string of the molecule is CCNC(c1occc1Br)C1C(C)OC(C)C1C. The van der Waals surface area contributed by atoms with Gasteiger partial charge in [-0.15, -0.1) is 0 Å². The molecule has 1 aromatic heterocycles. The van der Waals surface area contributed by atoms with Crippen molar-refractivity contribution in [3.63, 3.8) is 0 Å². The minimum absolute atomic E-state index is 0.203. The number of hydrogen-bond acceptors (Lipinski definition) is 3. The normalized spacial score (nSPS) is 33.8. The summed E-state index contributed by atoms with van der Waals surface area (Å²) < 4.78 is 12.6. The van der Waals surface area contributed by atoms with E-state index in [4.69, 9.17) is 9.15 Å². The molecular formula is C14H22BrNO2. The Balaban J connectivity index is 2.28. The van der Waals surface area contributed by atoms with Gasteiger partial charge in [-0.05, 0) is 48.3 Å². The van der Waals surface area contributed by atoms with Gasteiger partial charge in [-0.3, -0.25) is 0 Å². The Kier molecular flexibility index (Phi) is 4.51. The highest BCUT2D eigenvalue weighted by Crippen LogP contribution is 2.42. The largest absolute Gasteiger partial charge is 0.466 e. The molecule has 1 N–H and O–H groups in total. The van der Waals surface area contributed by atoms with Crippen molar-refractivity contribution in [2.24, 2.45) is 11.8 Å². The van der Waals surface area contributed by atoms with Crippen LogP contribution in [-0.4, -0.2) is 18.8 Å². The highest BCUT2D eigenvalue weighted by atomic mass is 79.9. The Hall–Kier alpha value is -0.320. The Labute approximate surface area is 117 Å². The van der Waals surface area contributed by atoms with Gasteiger partial charge in [0, 0.05) is 5.92 Å². The fraction of sp³-hybridized carbons (Fsp3) is 0.714. The summed E-state index contributed by atoms with van der Waals surface area (Å²) in [7, 11) is 0. The molecule has 0 spiro atoms. The maximum atomic E-state index is 5.95. The lowest BCUT2D eigenvalue weighted by molar-refractivity contribution is 0.0465. The van der Waals surface area contributed by atoms with Crippen LogP contribution in [0, 0.1) is 11.8 Å². The van der Waals surface area contributed by atoms with Gasteiger partial charge in [0.25, 0.3) is 0 Å². The molecule has 1 aliphatic heterocycles. The quantitative estimate of drug-likeness (QED) is 0.918. The van der Waals surface area contributed by atoms with Crippen LogP contribution in [0.4, 0.5) is 0 Å². The van der Waals surface area contributed by atoms with Crippen molar-refractivity contribution in [1.29, 1.82) is 0 Å². The van der Waals surface area contributed by atoms with Crippen molar-refractivity contribution in [2.75, 3.05) is 6.54 Å². The maximum absolute atomic E-state index is 5.95. The van der Waals surface area contributed by atoms with Gasteiger partial charge in [0.1, 0.15) is 5.76 Å². The van der Waals surface area contributed by atoms with Crippen LogP contribution in [0.3, 0.4) is 0 Å². The second-order valence-corrected chi connectivity index (χ2v) is 6.01. The molecule has 0 radical (unpaired) electrons. The number of hydrogen-bond donors (Lipinski definition) is 1. The van der Waals surface area contributed by atoms with E-state index in [0.29, 0.717) is 17.9 Å². The minimum atomic E-state index is 0.203. The van der Waals surface area contributed by atoms with Crippen molar-refractivity contribution in [2.45, 2.75) is 45.9 Å². The van der Waals surface area contributed by atoms with Gasteiger partial charge in [-0.1, -0.05) is 13.8 Å². The Bertz CT molecular complexity index is 393. The average molecular weight is 316 g/mol. The number of ether oxygens (including phenoxy) is 1. The summed E-state index contributed by atoms with van der Waals surface area (Å²) in [6, 6.07) is 2.16. The molecule has 2 heterocycles. The number of halogens is 1. The molecule has 0 saturated carbocycles. The molecule has 18 heavy (non-hydrogen) atoms. The standard InChI is InChI=1S/C14H22BrNO2/c1-5-16-13(14-11(15)6-7-17-14)12-8(2)9(3)18-10(12)4/h6-10,12-13,16H,5H2,1-4H3. The van der Waals surface area contributed by atoms with Crippen LogP contribution in [0.1, 0.15) is 39.5 Å². The highest BCUT2D eigenvalue weighted by molar-refractivity contribution is 9.10. The van der Waals surface area contributed by atoms with E-state index in [9.17, 15) is 0 Å². The van der Waals surface area contributed by atoms with Gasteiger partial charge in [-0.25, -0.2) is 0 Å². The number of furan rings is 1. The minimum Gasteiger partial charge on any atom is -0.466 e. The van der Waals surface area contributed by atoms with E-state index < -0.39 is 0 Å². The zero-order valence-electron chi connectivity index (χ0n) is 11.4. The zero-order valence-corrected chi connectivity index (χ0v) is 13.0. The van der Waals surface area contributed by atoms with Crippen LogP contribution in [-0.2, 0) is 4.74 Å². The van der Waals surface area contributed by atoms with Crippen LogP contribution >= 0.6 is 15.9 Å². The predicted molar refractivity (Wildman–Crippen MR) is 75.5 cm³/mol. The molecule has 3 nitrogen and oxygen atoms in total. The summed E-state index contributed by atoms with van der Waals surface area (Å²) in [5.74, 6) is 1.93. The molecule has 2 rings (SSSR count). The second-order valence-electron chi connectivity index (χ2n) is 5.15. The fourth-order valence-electron chi connectivity index (χ4n) is 3.02. The maximum Gasteiger partial charge on any atom is 0.135 e. The van der Waals surface area contributed by atoms with E-state index in [0.717, 1.165) is 16.8 Å². The van der Waals surface area contributed by atoms with Crippen molar-refractivity contribution in [3.8, 4) is 0 Å². The molecule has 5 atom stereocenters. The summed E-state index contributed by atoms with van der Waals surface area (Å²) in [5.41, 5.74) is 0. The summed E-state index contributed by atoms with van der Waals surface area (Å²) in [5, 5.41) is 3.55. The van der Waals surface area contributed by atoms with Gasteiger partial charge >= 0.3 is 0 Å². The first-order valence-corrected chi connectivity index (χ1v) is 7.47. The van der Waals surface area contributed by atoms with Crippen LogP contribution in [0.2, 0.25) is 0 Å². The molecule has 5 unspecified atom stereocenters. The lowest BCUT2D eigenvalue weighted by Crippen LogP contribution is -2.34. The predicted octanol–water partition coefficient (Wildman–Crippen LogP) is 3.75. The Morgan fingerprint density at radius 2 is 2.06 bits per heavy atom. The van der Waals surface area contributed by atoms with E-state index in [1.807, 2.05) is 6.07 Å². The monoisotopic (exact) mass is 315 g/mol. The summed E-state index contributed by atoms with van der Waals surface area (Å²) in [4.78, 5) is 0. The second kappa shape index (κ2) is 5.76. The molecule has 1 fully saturated rings. The molecule has 4 heteroatoms. The van der Waals surface area contributed by atoms with Crippen molar-refractivity contribution in [3.05, 3.63) is 22.6 Å². The number of rotatable bonds is 4. The van der Waals surface area contributed by atoms with E-state index in [1.54, 1.807) is 6.26 Å². The summed E-state index contributed by atoms with van der Waals surface area (Å²) in [6.45, 7) is 9.62. The first-order valence-electron chi connectivity index (χ1n) is 6.68. The van der Waals surface area contributed by atoms with Crippen molar-refractivity contribution in [1.82, 2.24) is 5.32 Å². The van der Waals surface area contributed by atoms with E-state index in [2.05, 4.69) is 48.9 Å². The molecule has 1 saturated heterocycles. The molecule has 0 aromatic carbocycles. The molecule has 1 aromatic rings. The lowest BCUT2D eigenvalue weighted by atomic mass is 9.82. The topological polar surface area (TPSA) is 34.4 Å². The molecule has 0 amide bonds. The molecule has 0 aliphatic carbocycles. The molecule has 1 aliphatic rings. The van der Waals surface area contributed by atoms with E-state index >= 15 is 0 Å². The third kappa shape index (κ3) is 2.51. The first-order chi connectivity index (χ1) is 8.56. The van der Waals surface area contributed by atoms with E-state index in [-0.39, 0.29) is 12.1 Å². The van der Waals surface area contributed by atoms with Crippen LogP contribution in [0.25, 0.3) is 0 Å². The van der Waals surface area contributed by atoms with Gasteiger partial charge in [0.2, 0.25) is 0 Å². The average Bonchev–Trinajstić information content (AvgIpc) is 2.83. The highest BCUT2D eigenvalue weighted by Gasteiger charge is 2.43. The van der Waals surface area contributed by atoms with Crippen LogP contribution in [0.15, 0.2) is 21.2 Å². The van der Waals surface area contributed by atoms with Gasteiger partial charge in [0.15, 0.2) is 0 Å². The van der Waals surface area contributed by atoms with Gasteiger partial charge < -0.3 is 14.5 Å². The summed E-state index contributed by atoms with van der Waals surface area (Å²) >= 11 is 3.56. The van der Waals surface area contributed by atoms with Crippen LogP contribution < -0.4 is 5.32 Å². The van der Waals surface area contributed by atoms with Crippen LogP contribution in [0.5, 0.6) is 0 Å². The lowest BCUT2D eigenvalue weighted by Gasteiger charge is -2.28. The van der Waals surface area contributed by atoms with Crippen molar-refractivity contribution >= 4 is 15.9 Å². The molecule has 102 valence electrons. The first kappa shape index (κ1) is 14.1. The van der Waals surface area contributed by atoms with Gasteiger partial charge in [-0.2, -0.15) is 0 Å². The summed E-state index contributed by atoms with van der Waals surface area (Å²) in [6.07, 6.45) is 2.29. The Morgan fingerprint density at radius 1 is 1.33 bits per heavy atom. The van der Waals surface area contributed by atoms with E-state index in [1.165, 1.54) is 0 Å². The molecule has 0 bridgehead atoms. The zero-order chi connectivity index (χ0) is 13.3. The number of nitrogens with one attached hydrogen (secondary N) is 1.